The number of nitrogens with one attached hydrogen (secondary N) is 3. The van der Waals surface area contributed by atoms with Crippen molar-refractivity contribution in [3.05, 3.63) is 54.1 Å². The van der Waals surface area contributed by atoms with Crippen molar-refractivity contribution in [1.82, 2.24) is 25.9 Å². The lowest BCUT2D eigenvalue weighted by Gasteiger charge is -2.34. The highest BCUT2D eigenvalue weighted by molar-refractivity contribution is 5.98. The highest BCUT2D eigenvalue weighted by Crippen LogP contribution is 2.20. The molecule has 0 aromatic carbocycles. The average Bonchev–Trinajstić information content (AvgIpc) is 2.92. The Kier molecular flexibility index (Phi) is 9.94. The van der Waals surface area contributed by atoms with Crippen molar-refractivity contribution in [3.63, 3.8) is 0 Å². The van der Waals surface area contributed by atoms with E-state index in [2.05, 4.69) is 25.9 Å². The lowest BCUT2D eigenvalue weighted by molar-refractivity contribution is -0.167. The molecule has 1 aliphatic heterocycles. The number of carbonyl (C=O) groups excluding carboxylic acids is 4. The van der Waals surface area contributed by atoms with Crippen LogP contribution in [0, 0.1) is 11.8 Å². The van der Waals surface area contributed by atoms with Crippen LogP contribution in [0.4, 0.5) is 0 Å². The quantitative estimate of drug-likeness (QED) is 0.325. The maximum absolute atomic E-state index is 13.6. The van der Waals surface area contributed by atoms with Gasteiger partial charge in [-0.2, -0.15) is 0 Å². The summed E-state index contributed by atoms with van der Waals surface area (Å²) in [6.07, 6.45) is 2.52. The number of carbonyl (C=O) groups is 4. The molecule has 0 bridgehead atoms. The maximum atomic E-state index is 13.6. The summed E-state index contributed by atoms with van der Waals surface area (Å²) < 4.78 is 5.58. The molecule has 12 nitrogen and oxygen atoms in total. The molecular weight excluding hydrogens is 506 g/mol. The molecule has 0 radical (unpaired) electrons. The van der Waals surface area contributed by atoms with Gasteiger partial charge in [-0.1, -0.05) is 19.9 Å². The van der Waals surface area contributed by atoms with E-state index in [1.54, 1.807) is 31.5 Å². The van der Waals surface area contributed by atoms with Crippen molar-refractivity contribution in [2.24, 2.45) is 11.8 Å². The fourth-order valence-corrected chi connectivity index (χ4v) is 4.25. The molecule has 2 aromatic heterocycles. The van der Waals surface area contributed by atoms with E-state index in [1.165, 1.54) is 32.2 Å². The zero-order valence-corrected chi connectivity index (χ0v) is 22.3. The van der Waals surface area contributed by atoms with Crippen LogP contribution >= 0.6 is 0 Å². The summed E-state index contributed by atoms with van der Waals surface area (Å²) in [7, 11) is 0. The summed E-state index contributed by atoms with van der Waals surface area (Å²) >= 11 is 0. The summed E-state index contributed by atoms with van der Waals surface area (Å²) in [6, 6.07) is 2.89. The molecule has 39 heavy (non-hydrogen) atoms. The predicted molar refractivity (Wildman–Crippen MR) is 139 cm³/mol. The first-order chi connectivity index (χ1) is 18.5. The van der Waals surface area contributed by atoms with Crippen molar-refractivity contribution in [3.8, 4) is 5.75 Å². The molecule has 0 saturated carbocycles. The van der Waals surface area contributed by atoms with Gasteiger partial charge >= 0.3 is 5.97 Å². The number of hydrogen-bond acceptors (Lipinski definition) is 9. The first-order valence-corrected chi connectivity index (χ1v) is 12.9. The van der Waals surface area contributed by atoms with Crippen LogP contribution < -0.4 is 16.0 Å². The van der Waals surface area contributed by atoms with Gasteiger partial charge in [0.25, 0.3) is 11.8 Å². The number of aliphatic hydroxyl groups is 1. The van der Waals surface area contributed by atoms with Gasteiger partial charge < -0.3 is 30.9 Å². The number of ether oxygens (including phenoxy) is 1. The Labute approximate surface area is 226 Å². The number of amides is 3. The number of nitrogens with zero attached hydrogens (tertiary/aromatic N) is 2. The third kappa shape index (κ3) is 7.29. The van der Waals surface area contributed by atoms with Crippen molar-refractivity contribution in [2.75, 3.05) is 0 Å². The molecule has 2 unspecified atom stereocenters. The maximum Gasteiger partial charge on any atom is 0.312 e. The largest absolute Gasteiger partial charge is 0.505 e. The number of pyridine rings is 2. The Morgan fingerprint density at radius 2 is 1.85 bits per heavy atom. The predicted octanol–water partition coefficient (Wildman–Crippen LogP) is 0.481. The standard InChI is InChI=1S/C27H35N5O7/c1-5-14(2)23-26(37)30-16(4)20(32-25(36)21-19(33)9-7-11-29-21)24(35)31-18(12-17-8-6-10-28-13-17)22(34)15(3)27(38)39-23/h6-11,13-16,18,20,22-23,33-34H,5,12H2,1-4H3,(H,30,37)(H,31,35)(H,32,36)/t14?,15-,16-,18+,20+,22+,23?/m1/s1. The Morgan fingerprint density at radius 3 is 2.49 bits per heavy atom. The molecule has 0 spiro atoms. The number of hydrogen-bond donors (Lipinski definition) is 5. The van der Waals surface area contributed by atoms with Crippen LogP contribution in [-0.2, 0) is 25.5 Å². The number of cyclic esters (lactones) is 1. The normalized spacial score (nSPS) is 27.2. The van der Waals surface area contributed by atoms with Gasteiger partial charge in [-0.05, 0) is 50.5 Å². The molecule has 1 aliphatic rings. The number of aromatic nitrogens is 2. The topological polar surface area (TPSA) is 180 Å². The van der Waals surface area contributed by atoms with Gasteiger partial charge in [0.2, 0.25) is 5.91 Å². The van der Waals surface area contributed by atoms with E-state index < -0.39 is 59.9 Å². The zero-order chi connectivity index (χ0) is 28.7. The average molecular weight is 542 g/mol. The van der Waals surface area contributed by atoms with Gasteiger partial charge in [-0.3, -0.25) is 24.2 Å². The lowest BCUT2D eigenvalue weighted by Crippen LogP contribution is -2.62. The Morgan fingerprint density at radius 1 is 1.13 bits per heavy atom. The molecule has 0 aliphatic carbocycles. The number of rotatable bonds is 6. The van der Waals surface area contributed by atoms with Crippen molar-refractivity contribution < 1.29 is 34.1 Å². The van der Waals surface area contributed by atoms with Gasteiger partial charge in [-0.25, -0.2) is 4.98 Å². The molecular formula is C27H35N5O7. The zero-order valence-electron chi connectivity index (χ0n) is 22.3. The van der Waals surface area contributed by atoms with Gasteiger partial charge in [0.05, 0.1) is 24.1 Å². The summed E-state index contributed by atoms with van der Waals surface area (Å²) in [5.74, 6) is -4.84. The number of esters is 1. The molecule has 12 heteroatoms. The third-order valence-electron chi connectivity index (χ3n) is 6.91. The third-order valence-corrected chi connectivity index (χ3v) is 6.91. The van der Waals surface area contributed by atoms with Crippen molar-refractivity contribution >= 4 is 23.7 Å². The minimum Gasteiger partial charge on any atom is -0.505 e. The summed E-state index contributed by atoms with van der Waals surface area (Å²) in [4.78, 5) is 60.7. The second-order valence-electron chi connectivity index (χ2n) is 9.82. The van der Waals surface area contributed by atoms with Crippen LogP contribution in [0.1, 0.15) is 50.2 Å². The smallest absolute Gasteiger partial charge is 0.312 e. The van der Waals surface area contributed by atoms with E-state index in [0.717, 1.165) is 0 Å². The molecule has 7 atom stereocenters. The Balaban J connectivity index is 2.00. The van der Waals surface area contributed by atoms with E-state index in [1.807, 2.05) is 6.92 Å². The molecule has 3 rings (SSSR count). The molecule has 2 aromatic rings. The lowest BCUT2D eigenvalue weighted by atomic mass is 9.92. The van der Waals surface area contributed by atoms with Crippen LogP contribution in [0.2, 0.25) is 0 Å². The monoisotopic (exact) mass is 541 g/mol. The molecule has 210 valence electrons. The van der Waals surface area contributed by atoms with Gasteiger partial charge in [0.15, 0.2) is 11.8 Å². The van der Waals surface area contributed by atoms with E-state index in [-0.39, 0.29) is 23.8 Å². The van der Waals surface area contributed by atoms with Gasteiger partial charge in [-0.15, -0.1) is 0 Å². The molecule has 3 amide bonds. The molecule has 1 fully saturated rings. The SMILES string of the molecule is CCC(C)C1OC(=O)[C@H](C)[C@H](O)[C@H](Cc2cccnc2)NC(=O)[C@@H](NC(=O)c2ncccc2O)[C@@H](C)NC1=O. The van der Waals surface area contributed by atoms with Crippen molar-refractivity contribution in [1.29, 1.82) is 0 Å². The van der Waals surface area contributed by atoms with Crippen LogP contribution in [0.25, 0.3) is 0 Å². The Bertz CT molecular complexity index is 1180. The van der Waals surface area contributed by atoms with E-state index >= 15 is 0 Å². The van der Waals surface area contributed by atoms with Crippen LogP contribution in [-0.4, -0.2) is 74.2 Å². The fraction of sp³-hybridized carbons (Fsp3) is 0.481. The molecule has 1 saturated heterocycles. The highest BCUT2D eigenvalue weighted by Gasteiger charge is 2.40. The van der Waals surface area contributed by atoms with E-state index in [9.17, 15) is 29.4 Å². The Hall–Kier alpha value is -4.06. The second-order valence-corrected chi connectivity index (χ2v) is 9.82. The van der Waals surface area contributed by atoms with E-state index in [4.69, 9.17) is 4.74 Å². The minimum absolute atomic E-state index is 0.121. The van der Waals surface area contributed by atoms with Crippen molar-refractivity contribution in [2.45, 2.75) is 70.9 Å². The van der Waals surface area contributed by atoms with Gasteiger partial charge in [0, 0.05) is 24.5 Å². The summed E-state index contributed by atoms with van der Waals surface area (Å²) in [5.41, 5.74) is 0.384. The van der Waals surface area contributed by atoms with Crippen LogP contribution in [0.3, 0.4) is 0 Å². The second kappa shape index (κ2) is 13.1. The molecule has 5 N–H and O–H groups in total. The highest BCUT2D eigenvalue weighted by atomic mass is 16.5. The summed E-state index contributed by atoms with van der Waals surface area (Å²) in [5, 5.41) is 29.2. The first-order valence-electron chi connectivity index (χ1n) is 12.9. The first kappa shape index (κ1) is 29.5. The summed E-state index contributed by atoms with van der Waals surface area (Å²) in [6.45, 7) is 6.55. The van der Waals surface area contributed by atoms with Crippen LogP contribution in [0.5, 0.6) is 5.75 Å². The molecule has 3 heterocycles. The fourth-order valence-electron chi connectivity index (χ4n) is 4.25. The minimum atomic E-state index is -1.40. The van der Waals surface area contributed by atoms with E-state index in [0.29, 0.717) is 12.0 Å². The van der Waals surface area contributed by atoms with Gasteiger partial charge in [0.1, 0.15) is 11.8 Å². The van der Waals surface area contributed by atoms with Crippen LogP contribution in [0.15, 0.2) is 42.9 Å². The number of aliphatic hydroxyl groups excluding tert-OH is 1. The number of aromatic hydroxyl groups is 1.